The smallest absolute Gasteiger partial charge is 0.383 e. The number of rotatable bonds is 5. The van der Waals surface area contributed by atoms with E-state index in [4.69, 9.17) is 5.73 Å². The molecule has 0 radical (unpaired) electrons. The molecule has 5 aromatic rings. The number of nitrogen functional groups attached to an aromatic ring is 1. The Kier molecular flexibility index (Phi) is 5.38. The van der Waals surface area contributed by atoms with E-state index in [1.807, 2.05) is 6.92 Å². The number of aromatic nitrogens is 8. The molecule has 178 valence electrons. The van der Waals surface area contributed by atoms with E-state index in [2.05, 4.69) is 30.1 Å². The minimum Gasteiger partial charge on any atom is -0.383 e. The molecule has 0 aliphatic heterocycles. The molecule has 0 bridgehead atoms. The van der Waals surface area contributed by atoms with Crippen LogP contribution in [0, 0.1) is 5.82 Å². The lowest BCUT2D eigenvalue weighted by Gasteiger charge is -2.14. The largest absolute Gasteiger partial charge is 0.434 e. The van der Waals surface area contributed by atoms with Crippen molar-refractivity contribution in [3.63, 3.8) is 0 Å². The van der Waals surface area contributed by atoms with Gasteiger partial charge in [-0.2, -0.15) is 23.4 Å². The Morgan fingerprint density at radius 1 is 1.06 bits per heavy atom. The summed E-state index contributed by atoms with van der Waals surface area (Å²) in [6.45, 7) is 1.87. The van der Waals surface area contributed by atoms with Crippen LogP contribution in [0.2, 0.25) is 0 Å². The van der Waals surface area contributed by atoms with Crippen LogP contribution in [0.25, 0.3) is 28.0 Å². The molecule has 1 atom stereocenters. The van der Waals surface area contributed by atoms with Crippen LogP contribution in [0.1, 0.15) is 30.6 Å². The van der Waals surface area contributed by atoms with Gasteiger partial charge in [-0.25, -0.2) is 33.7 Å². The molecule has 13 heteroatoms. The highest BCUT2D eigenvalue weighted by atomic mass is 19.4. The zero-order chi connectivity index (χ0) is 24.7. The molecule has 1 unspecified atom stereocenters. The van der Waals surface area contributed by atoms with Gasteiger partial charge < -0.3 is 5.73 Å². The van der Waals surface area contributed by atoms with Crippen LogP contribution < -0.4 is 5.73 Å². The monoisotopic (exact) mass is 483 g/mol. The Morgan fingerprint density at radius 3 is 2.60 bits per heavy atom. The normalized spacial score (nSPS) is 12.8. The first-order valence-electron chi connectivity index (χ1n) is 10.4. The van der Waals surface area contributed by atoms with Crippen molar-refractivity contribution in [3.05, 3.63) is 72.6 Å². The maximum absolute atomic E-state index is 14.3. The number of halogens is 4. The quantitative estimate of drug-likeness (QED) is 0.373. The average Bonchev–Trinajstić information content (AvgIpc) is 3.46. The molecule has 0 saturated heterocycles. The van der Waals surface area contributed by atoms with Gasteiger partial charge in [-0.3, -0.25) is 0 Å². The van der Waals surface area contributed by atoms with Gasteiger partial charge in [0.1, 0.15) is 35.7 Å². The van der Waals surface area contributed by atoms with Gasteiger partial charge in [0.2, 0.25) is 0 Å². The Hall–Kier alpha value is -4.42. The molecule has 35 heavy (non-hydrogen) atoms. The fraction of sp³-hybridized carbons (Fsp3) is 0.182. The predicted molar refractivity (Wildman–Crippen MR) is 118 cm³/mol. The summed E-state index contributed by atoms with van der Waals surface area (Å²) in [5.74, 6) is -0.489. The van der Waals surface area contributed by atoms with E-state index < -0.39 is 23.7 Å². The summed E-state index contributed by atoms with van der Waals surface area (Å²) in [4.78, 5) is 15.4. The van der Waals surface area contributed by atoms with E-state index in [1.165, 1.54) is 21.8 Å². The van der Waals surface area contributed by atoms with E-state index in [0.717, 1.165) is 12.5 Å². The minimum atomic E-state index is -4.75. The predicted octanol–water partition coefficient (Wildman–Crippen LogP) is 4.21. The van der Waals surface area contributed by atoms with Crippen LogP contribution in [0.3, 0.4) is 0 Å². The first-order valence-corrected chi connectivity index (χ1v) is 10.4. The molecule has 2 N–H and O–H groups in total. The second-order valence-corrected chi connectivity index (χ2v) is 7.63. The van der Waals surface area contributed by atoms with Crippen LogP contribution in [-0.4, -0.2) is 39.5 Å². The number of benzene rings is 1. The summed E-state index contributed by atoms with van der Waals surface area (Å²) in [5.41, 5.74) is 5.60. The minimum absolute atomic E-state index is 0.0369. The lowest BCUT2D eigenvalue weighted by Crippen LogP contribution is -2.13. The van der Waals surface area contributed by atoms with Crippen molar-refractivity contribution in [1.29, 1.82) is 0 Å². The van der Waals surface area contributed by atoms with Gasteiger partial charge in [-0.15, -0.1) is 0 Å². The van der Waals surface area contributed by atoms with Gasteiger partial charge in [0.25, 0.3) is 0 Å². The first-order chi connectivity index (χ1) is 16.8. The second-order valence-electron chi connectivity index (χ2n) is 7.63. The maximum Gasteiger partial charge on any atom is 0.434 e. The SMILES string of the molecule is CCC(c1cnn(-c2ccccc2F)c1)n1nc(-c2cncnc2C(F)(F)F)c2c(N)ncnc21. The molecule has 0 aliphatic carbocycles. The Morgan fingerprint density at radius 2 is 1.86 bits per heavy atom. The van der Waals surface area contributed by atoms with E-state index >= 15 is 0 Å². The standard InChI is InChI=1S/C22H17F4N9/c1-2-15(12-7-32-34(9-12)16-6-4-3-5-14(16)23)35-21-17(20(27)30-11-31-21)18(33-35)13-8-28-10-29-19(13)22(24,25)26/h3-11,15H,2H2,1H3,(H2,27,30,31). The third kappa shape index (κ3) is 3.84. The van der Waals surface area contributed by atoms with Crippen molar-refractivity contribution >= 4 is 16.9 Å². The third-order valence-corrected chi connectivity index (χ3v) is 5.52. The van der Waals surface area contributed by atoms with Crippen LogP contribution in [0.4, 0.5) is 23.4 Å². The highest BCUT2D eigenvalue weighted by Crippen LogP contribution is 2.39. The van der Waals surface area contributed by atoms with Gasteiger partial charge in [0.15, 0.2) is 11.3 Å². The van der Waals surface area contributed by atoms with Crippen molar-refractivity contribution in [3.8, 4) is 16.9 Å². The van der Waals surface area contributed by atoms with Crippen molar-refractivity contribution in [2.75, 3.05) is 5.73 Å². The van der Waals surface area contributed by atoms with Gasteiger partial charge in [0, 0.05) is 18.0 Å². The Balaban J connectivity index is 1.69. The Bertz CT molecular complexity index is 1520. The zero-order valence-corrected chi connectivity index (χ0v) is 18.1. The van der Waals surface area contributed by atoms with Crippen LogP contribution in [0.5, 0.6) is 0 Å². The molecule has 0 aliphatic rings. The van der Waals surface area contributed by atoms with Crippen LogP contribution in [0.15, 0.2) is 55.5 Å². The third-order valence-electron chi connectivity index (χ3n) is 5.52. The molecular formula is C22H17F4N9. The molecule has 0 saturated carbocycles. The maximum atomic E-state index is 14.3. The Labute approximate surface area is 195 Å². The van der Waals surface area contributed by atoms with Crippen molar-refractivity contribution in [2.45, 2.75) is 25.6 Å². The summed E-state index contributed by atoms with van der Waals surface area (Å²) < 4.78 is 58.2. The van der Waals surface area contributed by atoms with E-state index in [-0.39, 0.29) is 33.8 Å². The number of anilines is 1. The highest BCUT2D eigenvalue weighted by molar-refractivity contribution is 5.98. The van der Waals surface area contributed by atoms with Gasteiger partial charge >= 0.3 is 6.18 Å². The van der Waals surface area contributed by atoms with E-state index in [0.29, 0.717) is 12.0 Å². The summed E-state index contributed by atoms with van der Waals surface area (Å²) >= 11 is 0. The van der Waals surface area contributed by atoms with Crippen LogP contribution >= 0.6 is 0 Å². The van der Waals surface area contributed by atoms with Crippen molar-refractivity contribution in [1.82, 2.24) is 39.5 Å². The first kappa shape index (κ1) is 22.4. The molecule has 4 heterocycles. The number of alkyl halides is 3. The molecule has 0 spiro atoms. The summed E-state index contributed by atoms with van der Waals surface area (Å²) in [6.07, 6.45) is 1.97. The molecule has 0 amide bonds. The number of hydrogen-bond acceptors (Lipinski definition) is 7. The topological polar surface area (TPSA) is 113 Å². The lowest BCUT2D eigenvalue weighted by molar-refractivity contribution is -0.140. The lowest BCUT2D eigenvalue weighted by atomic mass is 10.1. The number of para-hydroxylation sites is 1. The van der Waals surface area contributed by atoms with Gasteiger partial charge in [-0.1, -0.05) is 19.1 Å². The molecule has 1 aromatic carbocycles. The van der Waals surface area contributed by atoms with Crippen molar-refractivity contribution < 1.29 is 17.6 Å². The number of fused-ring (bicyclic) bond motifs is 1. The molecule has 0 fully saturated rings. The summed E-state index contributed by atoms with van der Waals surface area (Å²) in [6, 6.07) is 5.66. The van der Waals surface area contributed by atoms with Gasteiger partial charge in [0.05, 0.1) is 23.2 Å². The van der Waals surface area contributed by atoms with E-state index in [1.54, 1.807) is 30.6 Å². The molecule has 4 aromatic heterocycles. The van der Waals surface area contributed by atoms with Crippen LogP contribution in [-0.2, 0) is 6.18 Å². The van der Waals surface area contributed by atoms with E-state index in [9.17, 15) is 17.6 Å². The fourth-order valence-electron chi connectivity index (χ4n) is 3.96. The average molecular weight is 483 g/mol. The fourth-order valence-corrected chi connectivity index (χ4v) is 3.96. The molecule has 5 rings (SSSR count). The van der Waals surface area contributed by atoms with Crippen molar-refractivity contribution in [2.24, 2.45) is 0 Å². The number of nitrogens with zero attached hydrogens (tertiary/aromatic N) is 8. The number of nitrogens with two attached hydrogens (primary N) is 1. The molecule has 9 nitrogen and oxygen atoms in total. The summed E-state index contributed by atoms with van der Waals surface area (Å²) in [5, 5.41) is 8.89. The second kappa shape index (κ2) is 8.42. The highest BCUT2D eigenvalue weighted by Gasteiger charge is 2.37. The number of hydrogen-bond donors (Lipinski definition) is 1. The molecular weight excluding hydrogens is 466 g/mol. The summed E-state index contributed by atoms with van der Waals surface area (Å²) in [7, 11) is 0. The zero-order valence-electron chi connectivity index (χ0n) is 18.1. The van der Waals surface area contributed by atoms with Gasteiger partial charge in [-0.05, 0) is 18.6 Å².